The molecule has 5 heteroatoms. The Morgan fingerprint density at radius 1 is 1.56 bits per heavy atom. The number of likely N-dealkylation sites (tertiary alicyclic amines) is 1. The number of hydrogen-bond donors (Lipinski definition) is 0. The van der Waals surface area contributed by atoms with Gasteiger partial charge in [-0.2, -0.15) is 0 Å². The van der Waals surface area contributed by atoms with Crippen molar-refractivity contribution < 1.29 is 9.53 Å². The number of nitrogens with zero attached hydrogens (tertiary/aromatic N) is 2. The van der Waals surface area contributed by atoms with E-state index in [9.17, 15) is 4.79 Å². The van der Waals surface area contributed by atoms with Crippen molar-refractivity contribution in [1.82, 2.24) is 9.88 Å². The average Bonchev–Trinajstić information content (AvgIpc) is 2.39. The molecule has 0 aliphatic carbocycles. The summed E-state index contributed by atoms with van der Waals surface area (Å²) in [6, 6.07) is 3.57. The number of halogens is 1. The summed E-state index contributed by atoms with van der Waals surface area (Å²) in [6.45, 7) is 3.47. The molecule has 0 saturated carbocycles. The van der Waals surface area contributed by atoms with Gasteiger partial charge in [0.2, 0.25) is 0 Å². The molecule has 0 radical (unpaired) electrons. The number of hydrogen-bond acceptors (Lipinski definition) is 3. The Kier molecular flexibility index (Phi) is 4.02. The summed E-state index contributed by atoms with van der Waals surface area (Å²) < 4.78 is 6.23. The summed E-state index contributed by atoms with van der Waals surface area (Å²) in [4.78, 5) is 18.3. The summed E-state index contributed by atoms with van der Waals surface area (Å²) in [5, 5.41) is 0. The SMILES string of the molecule is COC1(C)CCCN(C(=O)c2ccc(Br)nc2)C1. The Balaban J connectivity index is 2.11. The molecule has 0 aromatic carbocycles. The van der Waals surface area contributed by atoms with Crippen LogP contribution in [0.1, 0.15) is 30.1 Å². The molecule has 1 fully saturated rings. The van der Waals surface area contributed by atoms with Crippen LogP contribution < -0.4 is 0 Å². The van der Waals surface area contributed by atoms with Crippen LogP contribution in [-0.2, 0) is 4.74 Å². The number of pyridine rings is 1. The van der Waals surface area contributed by atoms with E-state index in [0.717, 1.165) is 24.0 Å². The van der Waals surface area contributed by atoms with Crippen molar-refractivity contribution in [2.24, 2.45) is 0 Å². The van der Waals surface area contributed by atoms with Crippen LogP contribution in [0, 0.1) is 0 Å². The van der Waals surface area contributed by atoms with Gasteiger partial charge in [0.05, 0.1) is 11.2 Å². The van der Waals surface area contributed by atoms with E-state index in [2.05, 4.69) is 20.9 Å². The second kappa shape index (κ2) is 5.36. The van der Waals surface area contributed by atoms with Crippen molar-refractivity contribution in [2.45, 2.75) is 25.4 Å². The number of amides is 1. The van der Waals surface area contributed by atoms with Gasteiger partial charge < -0.3 is 9.64 Å². The lowest BCUT2D eigenvalue weighted by molar-refractivity contribution is -0.0440. The first kappa shape index (κ1) is 13.5. The number of aromatic nitrogens is 1. The molecule has 1 aliphatic heterocycles. The normalized spacial score (nSPS) is 24.1. The fourth-order valence-corrected chi connectivity index (χ4v) is 2.47. The van der Waals surface area contributed by atoms with Crippen molar-refractivity contribution in [1.29, 1.82) is 0 Å². The molecule has 0 bridgehead atoms. The van der Waals surface area contributed by atoms with Crippen molar-refractivity contribution in [3.8, 4) is 0 Å². The summed E-state index contributed by atoms with van der Waals surface area (Å²) in [5.41, 5.74) is 0.398. The smallest absolute Gasteiger partial charge is 0.255 e. The van der Waals surface area contributed by atoms with Crippen LogP contribution in [-0.4, -0.2) is 41.6 Å². The Labute approximate surface area is 115 Å². The fraction of sp³-hybridized carbons (Fsp3) is 0.538. The minimum Gasteiger partial charge on any atom is -0.377 e. The second-order valence-electron chi connectivity index (χ2n) is 4.85. The van der Waals surface area contributed by atoms with Gasteiger partial charge in [-0.1, -0.05) is 0 Å². The average molecular weight is 313 g/mol. The highest BCUT2D eigenvalue weighted by atomic mass is 79.9. The highest BCUT2D eigenvalue weighted by molar-refractivity contribution is 9.10. The van der Waals surface area contributed by atoms with Crippen LogP contribution in [0.15, 0.2) is 22.9 Å². The fourth-order valence-electron chi connectivity index (χ4n) is 2.23. The van der Waals surface area contributed by atoms with Crippen molar-refractivity contribution in [2.75, 3.05) is 20.2 Å². The number of carbonyl (C=O) groups excluding carboxylic acids is 1. The Morgan fingerprint density at radius 3 is 2.94 bits per heavy atom. The van der Waals surface area contributed by atoms with Crippen LogP contribution in [0.3, 0.4) is 0 Å². The molecule has 1 aliphatic rings. The predicted octanol–water partition coefficient (Wildman–Crippen LogP) is 2.49. The van der Waals surface area contributed by atoms with E-state index < -0.39 is 0 Å². The lowest BCUT2D eigenvalue weighted by atomic mass is 9.94. The van der Waals surface area contributed by atoms with E-state index in [0.29, 0.717) is 12.1 Å². The maximum absolute atomic E-state index is 12.3. The molecule has 1 amide bonds. The van der Waals surface area contributed by atoms with Gasteiger partial charge in [0.1, 0.15) is 4.60 Å². The van der Waals surface area contributed by atoms with Crippen LogP contribution in [0.4, 0.5) is 0 Å². The first-order chi connectivity index (χ1) is 8.54. The monoisotopic (exact) mass is 312 g/mol. The molecule has 1 atom stereocenters. The van der Waals surface area contributed by atoms with E-state index in [1.165, 1.54) is 0 Å². The van der Waals surface area contributed by atoms with E-state index >= 15 is 0 Å². The molecule has 2 heterocycles. The van der Waals surface area contributed by atoms with Crippen LogP contribution in [0.25, 0.3) is 0 Å². The molecule has 4 nitrogen and oxygen atoms in total. The van der Waals surface area contributed by atoms with E-state index in [1.807, 2.05) is 11.8 Å². The Morgan fingerprint density at radius 2 is 2.33 bits per heavy atom. The maximum atomic E-state index is 12.3. The highest BCUT2D eigenvalue weighted by Gasteiger charge is 2.33. The van der Waals surface area contributed by atoms with Crippen LogP contribution in [0.2, 0.25) is 0 Å². The summed E-state index contributed by atoms with van der Waals surface area (Å²) >= 11 is 3.26. The third-order valence-corrected chi connectivity index (χ3v) is 3.88. The van der Waals surface area contributed by atoms with Gasteiger partial charge in [-0.15, -0.1) is 0 Å². The van der Waals surface area contributed by atoms with Crippen molar-refractivity contribution in [3.63, 3.8) is 0 Å². The standard InChI is InChI=1S/C13H17BrN2O2/c1-13(18-2)6-3-7-16(9-13)12(17)10-4-5-11(14)15-8-10/h4-5,8H,3,6-7,9H2,1-2H3. The summed E-state index contributed by atoms with van der Waals surface area (Å²) in [6.07, 6.45) is 3.57. The van der Waals surface area contributed by atoms with E-state index in [-0.39, 0.29) is 11.5 Å². The maximum Gasteiger partial charge on any atom is 0.255 e. The quantitative estimate of drug-likeness (QED) is 0.788. The minimum absolute atomic E-state index is 0.0259. The number of carbonyl (C=O) groups is 1. The largest absolute Gasteiger partial charge is 0.377 e. The number of rotatable bonds is 2. The third kappa shape index (κ3) is 2.90. The number of methoxy groups -OCH3 is 1. The van der Waals surface area contributed by atoms with Gasteiger partial charge in [-0.3, -0.25) is 4.79 Å². The molecule has 1 aromatic rings. The molecular weight excluding hydrogens is 296 g/mol. The first-order valence-corrected chi connectivity index (χ1v) is 6.79. The molecule has 98 valence electrons. The van der Waals surface area contributed by atoms with Gasteiger partial charge in [0, 0.05) is 26.4 Å². The highest BCUT2D eigenvalue weighted by Crippen LogP contribution is 2.25. The van der Waals surface area contributed by atoms with Crippen molar-refractivity contribution in [3.05, 3.63) is 28.5 Å². The molecule has 1 saturated heterocycles. The lowest BCUT2D eigenvalue weighted by Gasteiger charge is -2.39. The molecular formula is C13H17BrN2O2. The molecule has 0 spiro atoms. The van der Waals surface area contributed by atoms with E-state index in [1.54, 1.807) is 25.4 Å². The first-order valence-electron chi connectivity index (χ1n) is 6.00. The van der Waals surface area contributed by atoms with Gasteiger partial charge in [-0.25, -0.2) is 4.98 Å². The summed E-state index contributed by atoms with van der Waals surface area (Å²) in [5.74, 6) is 0.0259. The van der Waals surface area contributed by atoms with E-state index in [4.69, 9.17) is 4.74 Å². The number of ether oxygens (including phenoxy) is 1. The predicted molar refractivity (Wildman–Crippen MR) is 72.5 cm³/mol. The molecule has 1 unspecified atom stereocenters. The van der Waals surface area contributed by atoms with Gasteiger partial charge >= 0.3 is 0 Å². The Bertz CT molecular complexity index is 435. The van der Waals surface area contributed by atoms with Crippen molar-refractivity contribution >= 4 is 21.8 Å². The third-order valence-electron chi connectivity index (χ3n) is 3.41. The molecule has 2 rings (SSSR count). The summed E-state index contributed by atoms with van der Waals surface area (Å²) in [7, 11) is 1.70. The van der Waals surface area contributed by atoms with Gasteiger partial charge in [0.25, 0.3) is 5.91 Å². The Hall–Kier alpha value is -0.940. The van der Waals surface area contributed by atoms with Gasteiger partial charge in [0.15, 0.2) is 0 Å². The van der Waals surface area contributed by atoms with Gasteiger partial charge in [-0.05, 0) is 47.8 Å². The van der Waals surface area contributed by atoms with Crippen LogP contribution >= 0.6 is 15.9 Å². The lowest BCUT2D eigenvalue weighted by Crippen LogP contribution is -2.49. The molecule has 1 aromatic heterocycles. The van der Waals surface area contributed by atoms with Crippen LogP contribution in [0.5, 0.6) is 0 Å². The molecule has 18 heavy (non-hydrogen) atoms. The number of piperidine rings is 1. The topological polar surface area (TPSA) is 42.4 Å². The second-order valence-corrected chi connectivity index (χ2v) is 5.67. The zero-order valence-electron chi connectivity index (χ0n) is 10.6. The zero-order chi connectivity index (χ0) is 13.2. The minimum atomic E-state index is -0.225. The molecule has 0 N–H and O–H groups in total. The zero-order valence-corrected chi connectivity index (χ0v) is 12.2.